The monoisotopic (exact) mass is 419 g/mol. The van der Waals surface area contributed by atoms with Crippen LogP contribution in [0, 0.1) is 0 Å². The molecule has 3 aromatic rings. The van der Waals surface area contributed by atoms with E-state index in [0.29, 0.717) is 19.1 Å². The van der Waals surface area contributed by atoms with Crippen LogP contribution in [0.3, 0.4) is 0 Å². The van der Waals surface area contributed by atoms with E-state index in [1.54, 1.807) is 11.9 Å². The van der Waals surface area contributed by atoms with Gasteiger partial charge in [0, 0.05) is 50.5 Å². The van der Waals surface area contributed by atoms with Gasteiger partial charge in [-0.3, -0.25) is 0 Å². The molecular formula is C24H29N5O2. The van der Waals surface area contributed by atoms with E-state index in [-0.39, 0.29) is 12.1 Å². The number of hydrogen-bond donors (Lipinski definition) is 1. The van der Waals surface area contributed by atoms with Crippen LogP contribution < -0.4 is 10.2 Å². The predicted molar refractivity (Wildman–Crippen MR) is 123 cm³/mol. The van der Waals surface area contributed by atoms with Crippen molar-refractivity contribution in [3.05, 3.63) is 54.7 Å². The van der Waals surface area contributed by atoms with Crippen LogP contribution in [0.2, 0.25) is 0 Å². The van der Waals surface area contributed by atoms with Gasteiger partial charge < -0.3 is 19.9 Å². The number of methoxy groups -OCH3 is 1. The quantitative estimate of drug-likeness (QED) is 0.659. The minimum atomic E-state index is -0.318. The molecule has 0 spiro atoms. The summed E-state index contributed by atoms with van der Waals surface area (Å²) < 4.78 is 4.74. The molecular weight excluding hydrogens is 390 g/mol. The summed E-state index contributed by atoms with van der Waals surface area (Å²) in [5.41, 5.74) is 2.02. The second kappa shape index (κ2) is 9.31. The third kappa shape index (κ3) is 4.61. The number of nitrogens with zero attached hydrogens (tertiary/aromatic N) is 4. The Morgan fingerprint density at radius 3 is 2.84 bits per heavy atom. The minimum Gasteiger partial charge on any atom is -0.453 e. The van der Waals surface area contributed by atoms with E-state index in [1.807, 2.05) is 12.3 Å². The Morgan fingerprint density at radius 2 is 2.03 bits per heavy atom. The Kier molecular flexibility index (Phi) is 6.32. The first-order valence-electron chi connectivity index (χ1n) is 10.7. The van der Waals surface area contributed by atoms with Crippen LogP contribution in [0.25, 0.3) is 22.0 Å². The number of rotatable bonds is 6. The Labute approximate surface area is 183 Å². The van der Waals surface area contributed by atoms with Gasteiger partial charge in [-0.25, -0.2) is 14.8 Å². The third-order valence-corrected chi connectivity index (χ3v) is 6.04. The van der Waals surface area contributed by atoms with E-state index in [2.05, 4.69) is 64.6 Å². The van der Waals surface area contributed by atoms with E-state index < -0.39 is 0 Å². The maximum absolute atomic E-state index is 11.5. The molecule has 162 valence electrons. The Bertz CT molecular complexity index is 1060. The van der Waals surface area contributed by atoms with Crippen LogP contribution in [0.4, 0.5) is 10.7 Å². The van der Waals surface area contributed by atoms with Crippen molar-refractivity contribution in [2.75, 3.05) is 38.7 Å². The van der Waals surface area contributed by atoms with Gasteiger partial charge in [0.1, 0.15) is 0 Å². The third-order valence-electron chi connectivity index (χ3n) is 6.04. The molecule has 0 bridgehead atoms. The molecule has 1 aliphatic rings. The first kappa shape index (κ1) is 21.1. The number of carbonyl (C=O) groups is 1. The molecule has 0 saturated carbocycles. The SMILES string of the molecule is COC(=O)N(C)CCN[C@@H]1CCN(c2nccc(-c3ccc4ccccc4c3)n2)C1C. The van der Waals surface area contributed by atoms with Crippen molar-refractivity contribution in [2.45, 2.75) is 25.4 Å². The highest BCUT2D eigenvalue weighted by Gasteiger charge is 2.32. The van der Waals surface area contributed by atoms with Crippen molar-refractivity contribution in [1.82, 2.24) is 20.2 Å². The van der Waals surface area contributed by atoms with E-state index >= 15 is 0 Å². The van der Waals surface area contributed by atoms with E-state index in [0.717, 1.165) is 30.2 Å². The number of nitrogens with one attached hydrogen (secondary N) is 1. The predicted octanol–water partition coefficient (Wildman–Crippen LogP) is 3.55. The summed E-state index contributed by atoms with van der Waals surface area (Å²) in [5, 5.41) is 5.99. The second-order valence-corrected chi connectivity index (χ2v) is 7.98. The zero-order chi connectivity index (χ0) is 21.8. The lowest BCUT2D eigenvalue weighted by molar-refractivity contribution is 0.133. The molecule has 7 heteroatoms. The molecule has 2 aromatic carbocycles. The molecule has 1 saturated heterocycles. The number of carbonyl (C=O) groups excluding carboxylic acids is 1. The van der Waals surface area contributed by atoms with Crippen molar-refractivity contribution in [1.29, 1.82) is 0 Å². The lowest BCUT2D eigenvalue weighted by Crippen LogP contribution is -2.44. The van der Waals surface area contributed by atoms with Crippen LogP contribution in [0.5, 0.6) is 0 Å². The molecule has 0 aliphatic carbocycles. The van der Waals surface area contributed by atoms with Crippen LogP contribution >= 0.6 is 0 Å². The van der Waals surface area contributed by atoms with Crippen LogP contribution in [-0.4, -0.2) is 66.8 Å². The van der Waals surface area contributed by atoms with Crippen molar-refractivity contribution < 1.29 is 9.53 Å². The van der Waals surface area contributed by atoms with Gasteiger partial charge in [-0.15, -0.1) is 0 Å². The van der Waals surface area contributed by atoms with Gasteiger partial charge >= 0.3 is 6.09 Å². The second-order valence-electron chi connectivity index (χ2n) is 7.98. The summed E-state index contributed by atoms with van der Waals surface area (Å²) in [6.07, 6.45) is 2.53. The molecule has 1 unspecified atom stereocenters. The number of likely N-dealkylation sites (N-methyl/N-ethyl adjacent to an activating group) is 1. The van der Waals surface area contributed by atoms with Crippen molar-refractivity contribution in [3.8, 4) is 11.3 Å². The fraction of sp³-hybridized carbons (Fsp3) is 0.375. The van der Waals surface area contributed by atoms with Gasteiger partial charge in [0.25, 0.3) is 0 Å². The molecule has 2 atom stereocenters. The number of anilines is 1. The van der Waals surface area contributed by atoms with Crippen molar-refractivity contribution >= 4 is 22.8 Å². The number of hydrogen-bond acceptors (Lipinski definition) is 6. The summed E-state index contributed by atoms with van der Waals surface area (Å²) in [4.78, 5) is 24.8. The van der Waals surface area contributed by atoms with Gasteiger partial charge in [0.2, 0.25) is 5.95 Å². The lowest BCUT2D eigenvalue weighted by Gasteiger charge is -2.26. The first-order chi connectivity index (χ1) is 15.1. The molecule has 1 aromatic heterocycles. The van der Waals surface area contributed by atoms with E-state index in [4.69, 9.17) is 9.72 Å². The van der Waals surface area contributed by atoms with E-state index in [9.17, 15) is 4.79 Å². The van der Waals surface area contributed by atoms with Crippen LogP contribution in [0.1, 0.15) is 13.3 Å². The molecule has 1 N–H and O–H groups in total. The lowest BCUT2D eigenvalue weighted by atomic mass is 10.1. The van der Waals surface area contributed by atoms with Gasteiger partial charge in [-0.2, -0.15) is 0 Å². The van der Waals surface area contributed by atoms with Crippen LogP contribution in [-0.2, 0) is 4.74 Å². The van der Waals surface area contributed by atoms with Gasteiger partial charge in [0.15, 0.2) is 0 Å². The number of benzene rings is 2. The fourth-order valence-electron chi connectivity index (χ4n) is 4.16. The molecule has 1 amide bonds. The largest absolute Gasteiger partial charge is 0.453 e. The first-order valence-corrected chi connectivity index (χ1v) is 10.7. The minimum absolute atomic E-state index is 0.260. The van der Waals surface area contributed by atoms with Crippen LogP contribution in [0.15, 0.2) is 54.7 Å². The summed E-state index contributed by atoms with van der Waals surface area (Å²) in [6.45, 7) is 4.41. The average molecular weight is 420 g/mol. The summed E-state index contributed by atoms with van der Waals surface area (Å²) in [6, 6.07) is 17.3. The topological polar surface area (TPSA) is 70.6 Å². The van der Waals surface area contributed by atoms with Crippen molar-refractivity contribution in [2.24, 2.45) is 0 Å². The fourth-order valence-corrected chi connectivity index (χ4v) is 4.16. The zero-order valence-corrected chi connectivity index (χ0v) is 18.3. The molecule has 31 heavy (non-hydrogen) atoms. The number of amides is 1. The van der Waals surface area contributed by atoms with Gasteiger partial charge in [-0.1, -0.05) is 36.4 Å². The number of aromatic nitrogens is 2. The Morgan fingerprint density at radius 1 is 1.23 bits per heavy atom. The Balaban J connectivity index is 1.43. The van der Waals surface area contributed by atoms with Gasteiger partial charge in [0.05, 0.1) is 12.8 Å². The molecule has 1 fully saturated rings. The normalized spacial score (nSPS) is 18.4. The number of ether oxygens (including phenoxy) is 1. The van der Waals surface area contributed by atoms with E-state index in [1.165, 1.54) is 17.9 Å². The summed E-state index contributed by atoms with van der Waals surface area (Å²) >= 11 is 0. The highest BCUT2D eigenvalue weighted by Crippen LogP contribution is 2.27. The number of fused-ring (bicyclic) bond motifs is 1. The maximum Gasteiger partial charge on any atom is 0.409 e. The molecule has 1 aliphatic heterocycles. The average Bonchev–Trinajstić information content (AvgIpc) is 3.18. The van der Waals surface area contributed by atoms with Crippen molar-refractivity contribution in [3.63, 3.8) is 0 Å². The molecule has 4 rings (SSSR count). The Hall–Kier alpha value is -3.19. The molecule has 0 radical (unpaired) electrons. The smallest absolute Gasteiger partial charge is 0.409 e. The highest BCUT2D eigenvalue weighted by atomic mass is 16.5. The standard InChI is InChI=1S/C24H29N5O2/c1-17-21(25-13-15-28(2)24(30)31-3)11-14-29(17)23-26-12-10-22(27-23)20-9-8-18-6-4-5-7-19(18)16-20/h4-10,12,16-17,21,25H,11,13-15H2,1-3H3/t17?,21-/m1/s1. The summed E-state index contributed by atoms with van der Waals surface area (Å²) in [7, 11) is 3.14. The highest BCUT2D eigenvalue weighted by molar-refractivity contribution is 5.86. The molecule has 2 heterocycles. The maximum atomic E-state index is 11.5. The zero-order valence-electron chi connectivity index (χ0n) is 18.3. The summed E-state index contributed by atoms with van der Waals surface area (Å²) in [5.74, 6) is 0.758. The van der Waals surface area contributed by atoms with Gasteiger partial charge in [-0.05, 0) is 36.2 Å². The molecule has 7 nitrogen and oxygen atoms in total.